The summed E-state index contributed by atoms with van der Waals surface area (Å²) in [5.74, 6) is 1.68. The second-order valence-electron chi connectivity index (χ2n) is 19.5. The number of benzene rings is 2. The predicted molar refractivity (Wildman–Crippen MR) is 233 cm³/mol. The summed E-state index contributed by atoms with van der Waals surface area (Å²) in [6.45, 7) is 19.9. The molecule has 7 rings (SSSR count). The van der Waals surface area contributed by atoms with Crippen molar-refractivity contribution < 1.29 is 28.7 Å². The second kappa shape index (κ2) is 17.7. The molecule has 2 aromatic carbocycles. The van der Waals surface area contributed by atoms with E-state index in [9.17, 15) is 24.4 Å². The van der Waals surface area contributed by atoms with E-state index >= 15 is 0 Å². The van der Waals surface area contributed by atoms with Gasteiger partial charge < -0.3 is 14.4 Å². The maximum atomic E-state index is 13.6. The smallest absolute Gasteiger partial charge is 0.230 e. The molecule has 2 saturated heterocycles. The molecule has 0 bridgehead atoms. The summed E-state index contributed by atoms with van der Waals surface area (Å²) in [6.07, 6.45) is 8.58. The lowest BCUT2D eigenvalue weighted by molar-refractivity contribution is -0.196. The van der Waals surface area contributed by atoms with Gasteiger partial charge in [-0.3, -0.25) is 29.4 Å². The fraction of sp³-hybridized carbons (Fsp3) is 0.571. The summed E-state index contributed by atoms with van der Waals surface area (Å²) in [4.78, 5) is 64.2. The average molecular weight is 831 g/mol. The molecule has 0 radical (unpaired) electrons. The van der Waals surface area contributed by atoms with E-state index in [-0.39, 0.29) is 65.2 Å². The Morgan fingerprint density at radius 1 is 0.885 bits per heavy atom. The molecule has 2 saturated carbocycles. The first kappa shape index (κ1) is 43.9. The van der Waals surface area contributed by atoms with Crippen LogP contribution in [0.3, 0.4) is 0 Å². The van der Waals surface area contributed by atoms with E-state index in [4.69, 9.17) is 9.47 Å². The molecule has 61 heavy (non-hydrogen) atoms. The van der Waals surface area contributed by atoms with Gasteiger partial charge in [0.2, 0.25) is 17.8 Å². The van der Waals surface area contributed by atoms with Crippen molar-refractivity contribution in [1.82, 2.24) is 20.2 Å². The van der Waals surface area contributed by atoms with Crippen molar-refractivity contribution in [3.8, 4) is 17.6 Å². The first-order valence-corrected chi connectivity index (χ1v) is 22.1. The minimum absolute atomic E-state index is 0.0470. The standard InChI is InChI=1S/C49H62N6O6/c1-29(2)55(36-22-39(23-36)60-37-12-9-33(10-13-37)41(56)21-34-11-14-44(58)53-45(34)59)28-32-15-17-54(18-16-32)47-51-26-35(27-52-47)42(57)24-43-48(5,6)46(49(43,7)8)61-38-19-30(3)40(25-50)31(4)20-38/h9-10,12-13,19-20,26-27,29,32,34,36,39,43,46H,11,14-18,21-24,28H2,1-8H3,(H,53,58,59). The number of aromatic nitrogens is 2. The van der Waals surface area contributed by atoms with E-state index in [0.29, 0.717) is 53.5 Å². The largest absolute Gasteiger partial charge is 0.490 e. The fourth-order valence-electron chi connectivity index (χ4n) is 10.7. The highest BCUT2D eigenvalue weighted by Crippen LogP contribution is 2.61. The Balaban J connectivity index is 0.845. The molecule has 2 amide bonds. The molecule has 324 valence electrons. The van der Waals surface area contributed by atoms with Crippen molar-refractivity contribution in [2.24, 2.45) is 28.6 Å². The normalized spacial score (nSPS) is 24.7. The van der Waals surface area contributed by atoms with Crippen molar-refractivity contribution in [3.63, 3.8) is 0 Å². The number of imide groups is 1. The molecule has 1 aromatic heterocycles. The number of carbonyl (C=O) groups excluding carboxylic acids is 4. The number of ketones is 2. The monoisotopic (exact) mass is 830 g/mol. The molecule has 1 N–H and O–H groups in total. The van der Waals surface area contributed by atoms with Crippen LogP contribution in [0.1, 0.15) is 130 Å². The number of hydrogen-bond acceptors (Lipinski definition) is 11. The number of amides is 2. The van der Waals surface area contributed by atoms with Gasteiger partial charge in [-0.2, -0.15) is 5.26 Å². The van der Waals surface area contributed by atoms with Gasteiger partial charge in [0, 0.05) is 98.5 Å². The van der Waals surface area contributed by atoms with Crippen molar-refractivity contribution in [3.05, 3.63) is 76.6 Å². The SMILES string of the molecule is Cc1cc(OC2C(C)(C)C(CC(=O)c3cnc(N4CCC(CN(C(C)C)C5CC(Oc6ccc(C(=O)CC7CCC(=O)NC7=O)cc6)C5)CC4)nc3)C2(C)C)cc(C)c1C#N. The highest BCUT2D eigenvalue weighted by molar-refractivity contribution is 6.03. The number of nitrogens with zero attached hydrogens (tertiary/aromatic N) is 5. The first-order valence-electron chi connectivity index (χ1n) is 22.1. The molecule has 3 heterocycles. The van der Waals surface area contributed by atoms with Crippen LogP contribution in [0, 0.1) is 53.8 Å². The van der Waals surface area contributed by atoms with Crippen molar-refractivity contribution in [1.29, 1.82) is 5.26 Å². The van der Waals surface area contributed by atoms with Gasteiger partial charge in [0.05, 0.1) is 17.2 Å². The molecule has 4 fully saturated rings. The number of aryl methyl sites for hydroxylation is 2. The van der Waals surface area contributed by atoms with Crippen LogP contribution in [0.25, 0.3) is 0 Å². The van der Waals surface area contributed by atoms with E-state index in [1.165, 1.54) is 0 Å². The fourth-order valence-corrected chi connectivity index (χ4v) is 10.7. The molecule has 4 aliphatic rings. The van der Waals surface area contributed by atoms with Gasteiger partial charge in [-0.15, -0.1) is 0 Å². The lowest BCUT2D eigenvalue weighted by Crippen LogP contribution is -2.66. The average Bonchev–Trinajstić information content (AvgIpc) is 3.20. The number of rotatable bonds is 15. The van der Waals surface area contributed by atoms with Crippen LogP contribution in [0.2, 0.25) is 0 Å². The van der Waals surface area contributed by atoms with Crippen molar-refractivity contribution in [2.45, 2.75) is 131 Å². The molecule has 12 nitrogen and oxygen atoms in total. The van der Waals surface area contributed by atoms with Crippen LogP contribution in [-0.4, -0.2) is 82.2 Å². The zero-order valence-corrected chi connectivity index (χ0v) is 37.1. The molecular weight excluding hydrogens is 769 g/mol. The number of ether oxygens (including phenoxy) is 2. The first-order chi connectivity index (χ1) is 28.9. The molecule has 1 atom stereocenters. The van der Waals surface area contributed by atoms with E-state index in [0.717, 1.165) is 67.9 Å². The molecule has 2 aliphatic carbocycles. The zero-order valence-electron chi connectivity index (χ0n) is 37.1. The van der Waals surface area contributed by atoms with Crippen LogP contribution >= 0.6 is 0 Å². The highest BCUT2D eigenvalue weighted by atomic mass is 16.5. The Bertz CT molecular complexity index is 2120. The Morgan fingerprint density at radius 2 is 1.49 bits per heavy atom. The third-order valence-corrected chi connectivity index (χ3v) is 14.2. The summed E-state index contributed by atoms with van der Waals surface area (Å²) in [5.41, 5.74) is 3.10. The molecule has 2 aliphatic heterocycles. The number of piperidine rings is 2. The van der Waals surface area contributed by atoms with E-state index in [2.05, 4.69) is 72.7 Å². The molecule has 1 unspecified atom stereocenters. The van der Waals surface area contributed by atoms with Gasteiger partial charge in [-0.05, 0) is 106 Å². The Kier molecular flexibility index (Phi) is 12.7. The van der Waals surface area contributed by atoms with Crippen molar-refractivity contribution in [2.75, 3.05) is 24.5 Å². The van der Waals surface area contributed by atoms with Gasteiger partial charge in [-0.25, -0.2) is 9.97 Å². The van der Waals surface area contributed by atoms with Crippen molar-refractivity contribution >= 4 is 29.3 Å². The summed E-state index contributed by atoms with van der Waals surface area (Å²) in [6, 6.07) is 14.2. The number of Topliss-reactive ketones (excluding diaryl/α,β-unsaturated/α-hetero) is 2. The Labute approximate surface area is 360 Å². The van der Waals surface area contributed by atoms with Gasteiger partial charge in [-0.1, -0.05) is 27.7 Å². The number of nitriles is 1. The Morgan fingerprint density at radius 3 is 2.07 bits per heavy atom. The number of anilines is 1. The maximum Gasteiger partial charge on any atom is 0.230 e. The number of hydrogen-bond donors (Lipinski definition) is 1. The molecule has 12 heteroatoms. The number of nitrogens with one attached hydrogen (secondary N) is 1. The highest BCUT2D eigenvalue weighted by Gasteiger charge is 2.63. The topological polar surface area (TPSA) is 155 Å². The molecular formula is C49H62N6O6. The third-order valence-electron chi connectivity index (χ3n) is 14.2. The predicted octanol–water partition coefficient (Wildman–Crippen LogP) is 7.83. The quantitative estimate of drug-likeness (QED) is 0.118. The van der Waals surface area contributed by atoms with E-state index < -0.39 is 5.92 Å². The lowest BCUT2D eigenvalue weighted by atomic mass is 9.44. The minimum Gasteiger partial charge on any atom is -0.490 e. The third kappa shape index (κ3) is 9.37. The number of carbonyl (C=O) groups is 4. The van der Waals surface area contributed by atoms with Crippen LogP contribution < -0.4 is 19.7 Å². The van der Waals surface area contributed by atoms with Crippen LogP contribution in [0.15, 0.2) is 48.8 Å². The maximum absolute atomic E-state index is 13.6. The minimum atomic E-state index is -0.465. The van der Waals surface area contributed by atoms with E-state index in [1.54, 1.807) is 24.5 Å². The van der Waals surface area contributed by atoms with E-state index in [1.807, 2.05) is 38.1 Å². The van der Waals surface area contributed by atoms with Gasteiger partial charge in [0.15, 0.2) is 11.6 Å². The summed E-state index contributed by atoms with van der Waals surface area (Å²) in [7, 11) is 0. The summed E-state index contributed by atoms with van der Waals surface area (Å²) < 4.78 is 12.9. The summed E-state index contributed by atoms with van der Waals surface area (Å²) >= 11 is 0. The van der Waals surface area contributed by atoms with Gasteiger partial charge in [0.1, 0.15) is 23.7 Å². The van der Waals surface area contributed by atoms with Gasteiger partial charge >= 0.3 is 0 Å². The van der Waals surface area contributed by atoms with Crippen LogP contribution in [0.4, 0.5) is 5.95 Å². The molecule has 3 aromatic rings. The Hall–Kier alpha value is -5.15. The van der Waals surface area contributed by atoms with Crippen LogP contribution in [0.5, 0.6) is 11.5 Å². The van der Waals surface area contributed by atoms with Crippen LogP contribution in [-0.2, 0) is 9.59 Å². The second-order valence-corrected chi connectivity index (χ2v) is 19.5. The summed E-state index contributed by atoms with van der Waals surface area (Å²) in [5, 5.41) is 11.8. The zero-order chi connectivity index (χ0) is 43.8. The van der Waals surface area contributed by atoms with Gasteiger partial charge in [0.25, 0.3) is 0 Å². The lowest BCUT2D eigenvalue weighted by Gasteiger charge is -2.63. The molecule has 0 spiro atoms.